The van der Waals surface area contributed by atoms with Crippen molar-refractivity contribution in [3.63, 3.8) is 0 Å². The topological polar surface area (TPSA) is 96.5 Å². The van der Waals surface area contributed by atoms with Gasteiger partial charge in [-0.2, -0.15) is 10.5 Å². The lowest BCUT2D eigenvalue weighted by molar-refractivity contribution is 0.201. The average Bonchev–Trinajstić information content (AvgIpc) is 3.31. The van der Waals surface area contributed by atoms with Crippen LogP contribution in [0.3, 0.4) is 0 Å². The third-order valence-corrected chi connectivity index (χ3v) is 6.18. The molecule has 0 aliphatic heterocycles. The number of benzene rings is 4. The molecular weight excluding hydrogens is 456 g/mol. The van der Waals surface area contributed by atoms with Crippen molar-refractivity contribution in [2.75, 3.05) is 0 Å². The van der Waals surface area contributed by atoms with Crippen LogP contribution < -0.4 is 0 Å². The molecule has 6 heteroatoms. The van der Waals surface area contributed by atoms with E-state index >= 15 is 0 Å². The molecule has 2 N–H and O–H groups in total. The lowest BCUT2D eigenvalue weighted by atomic mass is 9.97. The van der Waals surface area contributed by atoms with Crippen LogP contribution in [0.2, 0.25) is 5.02 Å². The summed E-state index contributed by atoms with van der Waals surface area (Å²) in [5, 5.41) is 33.2. The Morgan fingerprint density at radius 3 is 2.37 bits per heavy atom. The predicted molar refractivity (Wildman–Crippen MR) is 139 cm³/mol. The molecule has 5 aromatic rings. The summed E-state index contributed by atoms with van der Waals surface area (Å²) in [6.45, 7) is 1.72. The zero-order chi connectivity index (χ0) is 24.5. The molecule has 1 unspecified atom stereocenters. The van der Waals surface area contributed by atoms with Crippen LogP contribution in [0, 0.1) is 34.5 Å². The fourth-order valence-electron chi connectivity index (χ4n) is 4.35. The van der Waals surface area contributed by atoms with Crippen LogP contribution in [0.1, 0.15) is 30.0 Å². The summed E-state index contributed by atoms with van der Waals surface area (Å²) >= 11 is 6.38. The number of nitrogens with zero attached hydrogens (tertiary/aromatic N) is 3. The van der Waals surface area contributed by atoms with Gasteiger partial charge in [-0.25, -0.2) is 4.98 Å². The van der Waals surface area contributed by atoms with Crippen LogP contribution in [0.4, 0.5) is 0 Å². The van der Waals surface area contributed by atoms with Crippen molar-refractivity contribution in [3.8, 4) is 35.4 Å². The SMILES string of the molecule is CC(O)CC#CCc1ccc2c(c1)c1cc(Cl)ccc1c1nc(-c3c(C#N)cccc3C#N)[nH]c21. The fourth-order valence-corrected chi connectivity index (χ4v) is 4.52. The summed E-state index contributed by atoms with van der Waals surface area (Å²) in [5.74, 6) is 6.62. The van der Waals surface area contributed by atoms with Gasteiger partial charge in [-0.3, -0.25) is 0 Å². The normalized spacial score (nSPS) is 11.7. The Labute approximate surface area is 207 Å². The van der Waals surface area contributed by atoms with Crippen molar-refractivity contribution >= 4 is 44.2 Å². The lowest BCUT2D eigenvalue weighted by Gasteiger charge is -2.08. The van der Waals surface area contributed by atoms with Gasteiger partial charge in [-0.1, -0.05) is 41.8 Å². The second-order valence-electron chi connectivity index (χ2n) is 8.41. The molecule has 0 aliphatic carbocycles. The number of halogens is 1. The first-order chi connectivity index (χ1) is 17.0. The predicted octanol–water partition coefficient (Wildman–Crippen LogP) is 6.25. The number of hydrogen-bond donors (Lipinski definition) is 2. The van der Waals surface area contributed by atoms with E-state index in [1.807, 2.05) is 30.3 Å². The van der Waals surface area contributed by atoms with Crippen molar-refractivity contribution in [3.05, 3.63) is 76.3 Å². The Kier molecular flexibility index (Phi) is 5.86. The largest absolute Gasteiger partial charge is 0.392 e. The van der Waals surface area contributed by atoms with Gasteiger partial charge in [0, 0.05) is 28.6 Å². The molecule has 0 spiro atoms. The van der Waals surface area contributed by atoms with Crippen molar-refractivity contribution < 1.29 is 5.11 Å². The zero-order valence-electron chi connectivity index (χ0n) is 18.9. The quantitative estimate of drug-likeness (QED) is 0.238. The van der Waals surface area contributed by atoms with E-state index in [-0.39, 0.29) is 0 Å². The molecule has 0 saturated heterocycles. The average molecular weight is 475 g/mol. The minimum Gasteiger partial charge on any atom is -0.392 e. The zero-order valence-corrected chi connectivity index (χ0v) is 19.6. The van der Waals surface area contributed by atoms with Gasteiger partial charge in [-0.05, 0) is 53.6 Å². The van der Waals surface area contributed by atoms with Gasteiger partial charge in [0.05, 0.1) is 46.0 Å². The van der Waals surface area contributed by atoms with E-state index in [1.165, 1.54) is 0 Å². The van der Waals surface area contributed by atoms with Gasteiger partial charge in [0.25, 0.3) is 0 Å². The number of H-pyrrole nitrogens is 1. The van der Waals surface area contributed by atoms with Crippen LogP contribution in [-0.2, 0) is 6.42 Å². The number of aliphatic hydroxyl groups is 1. The number of hydrogen-bond acceptors (Lipinski definition) is 4. The molecule has 0 bridgehead atoms. The van der Waals surface area contributed by atoms with E-state index in [0.717, 1.165) is 38.1 Å². The maximum Gasteiger partial charge on any atom is 0.141 e. The Hall–Kier alpha value is -4.34. The highest BCUT2D eigenvalue weighted by Gasteiger charge is 2.18. The number of rotatable bonds is 3. The molecule has 5 nitrogen and oxygen atoms in total. The standard InChI is InChI=1S/C29H19ClN4O/c1-17(35)5-2-3-6-18-9-11-22-24(13-18)25-14-21(30)10-12-23(25)28-27(22)33-29(34-28)26-19(15-31)7-4-8-20(26)16-32/h4,7-14,17,35H,5-6H2,1H3,(H,33,34). The van der Waals surface area contributed by atoms with Crippen LogP contribution in [0.25, 0.3) is 44.0 Å². The first kappa shape index (κ1) is 22.5. The molecule has 1 aromatic heterocycles. The first-order valence-corrected chi connectivity index (χ1v) is 11.5. The summed E-state index contributed by atoms with van der Waals surface area (Å²) in [6, 6.07) is 21.3. The molecule has 1 atom stereocenters. The molecule has 5 rings (SSSR count). The van der Waals surface area contributed by atoms with Crippen molar-refractivity contribution in [2.24, 2.45) is 0 Å². The number of aromatic nitrogens is 2. The van der Waals surface area contributed by atoms with Crippen molar-refractivity contribution in [1.29, 1.82) is 10.5 Å². The molecule has 0 fully saturated rings. The minimum absolute atomic E-state index is 0.387. The maximum absolute atomic E-state index is 9.66. The lowest BCUT2D eigenvalue weighted by Crippen LogP contribution is -1.95. The molecule has 168 valence electrons. The summed E-state index contributed by atoms with van der Waals surface area (Å²) in [4.78, 5) is 8.25. The molecular formula is C29H19ClN4O. The maximum atomic E-state index is 9.66. The number of fused-ring (bicyclic) bond motifs is 6. The van der Waals surface area contributed by atoms with Gasteiger partial charge >= 0.3 is 0 Å². The van der Waals surface area contributed by atoms with Gasteiger partial charge in [-0.15, -0.1) is 5.92 Å². The second-order valence-corrected chi connectivity index (χ2v) is 8.85. The van der Waals surface area contributed by atoms with E-state index in [9.17, 15) is 15.6 Å². The van der Waals surface area contributed by atoms with Crippen molar-refractivity contribution in [1.82, 2.24) is 9.97 Å². The number of nitriles is 2. The Morgan fingerprint density at radius 1 is 0.943 bits per heavy atom. The third-order valence-electron chi connectivity index (χ3n) is 5.94. The number of imidazole rings is 1. The molecule has 0 saturated carbocycles. The van der Waals surface area contributed by atoms with Crippen molar-refractivity contribution in [2.45, 2.75) is 25.9 Å². The third kappa shape index (κ3) is 4.07. The van der Waals surface area contributed by atoms with Gasteiger partial charge in [0.2, 0.25) is 0 Å². The minimum atomic E-state index is -0.444. The molecule has 0 radical (unpaired) electrons. The molecule has 1 heterocycles. The second kappa shape index (κ2) is 9.13. The summed E-state index contributed by atoms with van der Waals surface area (Å²) in [5.41, 5.74) is 3.90. The summed E-state index contributed by atoms with van der Waals surface area (Å²) in [6.07, 6.45) is 0.567. The van der Waals surface area contributed by atoms with Crippen LogP contribution >= 0.6 is 11.6 Å². The molecule has 35 heavy (non-hydrogen) atoms. The van der Waals surface area contributed by atoms with E-state index in [1.54, 1.807) is 25.1 Å². The Bertz CT molecular complexity index is 1740. The molecule has 4 aromatic carbocycles. The smallest absolute Gasteiger partial charge is 0.141 e. The summed E-state index contributed by atoms with van der Waals surface area (Å²) in [7, 11) is 0. The highest BCUT2D eigenvalue weighted by atomic mass is 35.5. The van der Waals surface area contributed by atoms with Gasteiger partial charge < -0.3 is 10.1 Å². The Morgan fingerprint density at radius 2 is 1.66 bits per heavy atom. The molecule has 0 amide bonds. The van der Waals surface area contributed by atoms with Gasteiger partial charge in [0.15, 0.2) is 0 Å². The van der Waals surface area contributed by atoms with E-state index < -0.39 is 6.10 Å². The highest BCUT2D eigenvalue weighted by Crippen LogP contribution is 2.38. The monoisotopic (exact) mass is 474 g/mol. The fraction of sp³-hybridized carbons (Fsp3) is 0.138. The van der Waals surface area contributed by atoms with Gasteiger partial charge in [0.1, 0.15) is 5.82 Å². The van der Waals surface area contributed by atoms with Crippen LogP contribution in [-0.4, -0.2) is 21.2 Å². The number of nitrogens with one attached hydrogen (secondary N) is 1. The summed E-state index contributed by atoms with van der Waals surface area (Å²) < 4.78 is 0. The molecule has 0 aliphatic rings. The van der Waals surface area contributed by atoms with E-state index in [0.29, 0.717) is 40.4 Å². The Balaban J connectivity index is 1.78. The van der Waals surface area contributed by atoms with Crippen LogP contribution in [0.5, 0.6) is 0 Å². The number of aliphatic hydroxyl groups excluding tert-OH is 1. The first-order valence-electron chi connectivity index (χ1n) is 11.1. The highest BCUT2D eigenvalue weighted by molar-refractivity contribution is 6.33. The van der Waals surface area contributed by atoms with E-state index in [2.05, 4.69) is 35.0 Å². The van der Waals surface area contributed by atoms with E-state index in [4.69, 9.17) is 16.6 Å². The number of aromatic amines is 1. The van der Waals surface area contributed by atoms with Crippen LogP contribution in [0.15, 0.2) is 54.6 Å².